The Morgan fingerprint density at radius 1 is 1.25 bits per heavy atom. The standard InChI is InChI=1S/C15H11ClN2OS/c16-10-1-2-13-9(5-10)6-14(19-13)11-7-17-8-12-15(11)20-4-3-18-12/h1-2,5-8,18H,3-4H2. The monoisotopic (exact) mass is 302 g/mol. The summed E-state index contributed by atoms with van der Waals surface area (Å²) in [5.41, 5.74) is 2.96. The average Bonchev–Trinajstić information content (AvgIpc) is 2.89. The number of nitrogens with one attached hydrogen (secondary N) is 1. The van der Waals surface area contributed by atoms with Crippen molar-refractivity contribution in [3.8, 4) is 11.3 Å². The minimum Gasteiger partial charge on any atom is -0.456 e. The summed E-state index contributed by atoms with van der Waals surface area (Å²) in [5, 5.41) is 5.10. The molecule has 0 bridgehead atoms. The number of thioether (sulfide) groups is 1. The fourth-order valence-electron chi connectivity index (χ4n) is 2.39. The maximum atomic E-state index is 6.02. The average molecular weight is 303 g/mol. The van der Waals surface area contributed by atoms with E-state index in [-0.39, 0.29) is 0 Å². The zero-order valence-electron chi connectivity index (χ0n) is 10.5. The molecule has 4 rings (SSSR count). The minimum atomic E-state index is 0.717. The number of hydrogen-bond donors (Lipinski definition) is 1. The highest BCUT2D eigenvalue weighted by Gasteiger charge is 2.17. The number of pyridine rings is 1. The van der Waals surface area contributed by atoms with E-state index in [0.29, 0.717) is 5.02 Å². The fraction of sp³-hybridized carbons (Fsp3) is 0.133. The van der Waals surface area contributed by atoms with Crippen molar-refractivity contribution in [3.05, 3.63) is 41.7 Å². The molecule has 0 saturated heterocycles. The van der Waals surface area contributed by atoms with Gasteiger partial charge in [-0.2, -0.15) is 0 Å². The first-order valence-corrected chi connectivity index (χ1v) is 7.72. The molecule has 0 atom stereocenters. The van der Waals surface area contributed by atoms with E-state index in [1.165, 1.54) is 4.90 Å². The van der Waals surface area contributed by atoms with E-state index in [4.69, 9.17) is 16.0 Å². The lowest BCUT2D eigenvalue weighted by atomic mass is 10.2. The molecule has 0 radical (unpaired) electrons. The van der Waals surface area contributed by atoms with E-state index >= 15 is 0 Å². The number of halogens is 1. The van der Waals surface area contributed by atoms with Crippen LogP contribution in [0, 0.1) is 0 Å². The molecule has 20 heavy (non-hydrogen) atoms. The van der Waals surface area contributed by atoms with Crippen LogP contribution in [-0.2, 0) is 0 Å². The molecule has 0 saturated carbocycles. The predicted octanol–water partition coefficient (Wildman–Crippen LogP) is 4.67. The van der Waals surface area contributed by atoms with Gasteiger partial charge in [-0.25, -0.2) is 0 Å². The summed E-state index contributed by atoms with van der Waals surface area (Å²) in [6.45, 7) is 0.971. The first kappa shape index (κ1) is 12.1. The van der Waals surface area contributed by atoms with Crippen LogP contribution in [0.3, 0.4) is 0 Å². The molecule has 0 fully saturated rings. The molecule has 0 amide bonds. The summed E-state index contributed by atoms with van der Waals surface area (Å²) < 4.78 is 5.94. The molecule has 1 aliphatic heterocycles. The molecule has 5 heteroatoms. The van der Waals surface area contributed by atoms with Gasteiger partial charge < -0.3 is 9.73 Å². The van der Waals surface area contributed by atoms with Gasteiger partial charge in [0.05, 0.1) is 17.4 Å². The quantitative estimate of drug-likeness (QED) is 0.709. The van der Waals surface area contributed by atoms with Crippen LogP contribution in [-0.4, -0.2) is 17.3 Å². The number of furan rings is 1. The maximum absolute atomic E-state index is 6.02. The number of rotatable bonds is 1. The van der Waals surface area contributed by atoms with Crippen LogP contribution in [0.25, 0.3) is 22.3 Å². The molecular weight excluding hydrogens is 292 g/mol. The summed E-state index contributed by atoms with van der Waals surface area (Å²) in [7, 11) is 0. The van der Waals surface area contributed by atoms with Crippen molar-refractivity contribution in [2.75, 3.05) is 17.6 Å². The Kier molecular flexibility index (Phi) is 2.86. The van der Waals surface area contributed by atoms with Crippen LogP contribution in [0.4, 0.5) is 5.69 Å². The van der Waals surface area contributed by atoms with E-state index in [1.807, 2.05) is 48.4 Å². The lowest BCUT2D eigenvalue weighted by Crippen LogP contribution is -2.11. The molecule has 3 aromatic rings. The van der Waals surface area contributed by atoms with Crippen molar-refractivity contribution in [3.63, 3.8) is 0 Å². The Labute approximate surface area is 125 Å². The Morgan fingerprint density at radius 2 is 2.20 bits per heavy atom. The summed E-state index contributed by atoms with van der Waals surface area (Å²) in [5.74, 6) is 1.89. The second kappa shape index (κ2) is 4.72. The highest BCUT2D eigenvalue weighted by molar-refractivity contribution is 7.99. The molecule has 2 aromatic heterocycles. The number of benzene rings is 1. The highest BCUT2D eigenvalue weighted by atomic mass is 35.5. The minimum absolute atomic E-state index is 0.717. The molecule has 1 aliphatic rings. The van der Waals surface area contributed by atoms with Gasteiger partial charge in [-0.3, -0.25) is 4.98 Å². The normalized spacial score (nSPS) is 14.1. The first-order chi connectivity index (χ1) is 9.81. The third kappa shape index (κ3) is 1.96. The number of aromatic nitrogens is 1. The number of fused-ring (bicyclic) bond motifs is 2. The Hall–Kier alpha value is -1.65. The van der Waals surface area contributed by atoms with E-state index < -0.39 is 0 Å². The lowest BCUT2D eigenvalue weighted by Gasteiger charge is -2.18. The molecule has 1 N–H and O–H groups in total. The van der Waals surface area contributed by atoms with Crippen LogP contribution in [0.5, 0.6) is 0 Å². The molecular formula is C15H11ClN2OS. The van der Waals surface area contributed by atoms with E-state index in [2.05, 4.69) is 10.3 Å². The van der Waals surface area contributed by atoms with Gasteiger partial charge in [-0.05, 0) is 24.3 Å². The second-order valence-corrected chi connectivity index (χ2v) is 6.17. The van der Waals surface area contributed by atoms with Gasteiger partial charge in [0.2, 0.25) is 0 Å². The Morgan fingerprint density at radius 3 is 3.15 bits per heavy atom. The van der Waals surface area contributed by atoms with Gasteiger partial charge in [-0.15, -0.1) is 11.8 Å². The van der Waals surface area contributed by atoms with Gasteiger partial charge in [0, 0.05) is 33.8 Å². The predicted molar refractivity (Wildman–Crippen MR) is 83.7 cm³/mol. The molecule has 0 unspecified atom stereocenters. The second-order valence-electron chi connectivity index (χ2n) is 4.63. The molecule has 0 spiro atoms. The van der Waals surface area contributed by atoms with Crippen LogP contribution >= 0.6 is 23.4 Å². The fourth-order valence-corrected chi connectivity index (χ4v) is 3.57. The number of anilines is 1. The maximum Gasteiger partial charge on any atom is 0.138 e. The summed E-state index contributed by atoms with van der Waals surface area (Å²) >= 11 is 7.86. The summed E-state index contributed by atoms with van der Waals surface area (Å²) in [6.07, 6.45) is 3.72. The number of nitrogens with zero attached hydrogens (tertiary/aromatic N) is 1. The van der Waals surface area contributed by atoms with Crippen LogP contribution < -0.4 is 5.32 Å². The topological polar surface area (TPSA) is 38.1 Å². The summed E-state index contributed by atoms with van der Waals surface area (Å²) in [6, 6.07) is 7.67. The van der Waals surface area contributed by atoms with Crippen LogP contribution in [0.2, 0.25) is 5.02 Å². The van der Waals surface area contributed by atoms with E-state index in [9.17, 15) is 0 Å². The lowest BCUT2D eigenvalue weighted by molar-refractivity contribution is 0.629. The van der Waals surface area contributed by atoms with Crippen molar-refractivity contribution in [2.24, 2.45) is 0 Å². The number of hydrogen-bond acceptors (Lipinski definition) is 4. The zero-order chi connectivity index (χ0) is 13.5. The van der Waals surface area contributed by atoms with Gasteiger partial charge in [0.25, 0.3) is 0 Å². The molecule has 0 aliphatic carbocycles. The smallest absolute Gasteiger partial charge is 0.138 e. The first-order valence-electron chi connectivity index (χ1n) is 6.35. The molecule has 1 aromatic carbocycles. The van der Waals surface area contributed by atoms with Crippen molar-refractivity contribution in [2.45, 2.75) is 4.90 Å². The molecule has 100 valence electrons. The third-order valence-electron chi connectivity index (χ3n) is 3.30. The van der Waals surface area contributed by atoms with Crippen molar-refractivity contribution in [1.82, 2.24) is 4.98 Å². The third-order valence-corrected chi connectivity index (χ3v) is 4.68. The molecule has 3 nitrogen and oxygen atoms in total. The van der Waals surface area contributed by atoms with Crippen LogP contribution in [0.1, 0.15) is 0 Å². The van der Waals surface area contributed by atoms with Gasteiger partial charge in [0.15, 0.2) is 0 Å². The molecule has 3 heterocycles. The van der Waals surface area contributed by atoms with E-state index in [0.717, 1.165) is 40.3 Å². The van der Waals surface area contributed by atoms with Gasteiger partial charge in [-0.1, -0.05) is 11.6 Å². The van der Waals surface area contributed by atoms with E-state index in [1.54, 1.807) is 0 Å². The Bertz CT molecular complexity index is 800. The van der Waals surface area contributed by atoms with Gasteiger partial charge in [0.1, 0.15) is 11.3 Å². The van der Waals surface area contributed by atoms with Crippen molar-refractivity contribution >= 4 is 40.0 Å². The van der Waals surface area contributed by atoms with Crippen LogP contribution in [0.15, 0.2) is 46.0 Å². The Balaban J connectivity index is 1.90. The SMILES string of the molecule is Clc1ccc2oc(-c3cncc4c3SCCN4)cc2c1. The van der Waals surface area contributed by atoms with Crippen molar-refractivity contribution < 1.29 is 4.42 Å². The van der Waals surface area contributed by atoms with Gasteiger partial charge >= 0.3 is 0 Å². The zero-order valence-corrected chi connectivity index (χ0v) is 12.1. The highest BCUT2D eigenvalue weighted by Crippen LogP contribution is 2.40. The largest absolute Gasteiger partial charge is 0.456 e. The summed E-state index contributed by atoms with van der Waals surface area (Å²) in [4.78, 5) is 5.51. The van der Waals surface area contributed by atoms with Crippen molar-refractivity contribution in [1.29, 1.82) is 0 Å².